The molecular weight excluding hydrogens is 174 g/mol. The lowest BCUT2D eigenvalue weighted by Crippen LogP contribution is -2.33. The van der Waals surface area contributed by atoms with Crippen LogP contribution in [0.1, 0.15) is 47.5 Å². The highest BCUT2D eigenvalue weighted by atomic mass is 16.5. The summed E-state index contributed by atoms with van der Waals surface area (Å²) in [4.78, 5) is 0. The van der Waals surface area contributed by atoms with Crippen LogP contribution in [-0.2, 0) is 4.74 Å². The Labute approximate surface area is 89.4 Å². The summed E-state index contributed by atoms with van der Waals surface area (Å²) in [7, 11) is 0. The maximum Gasteiger partial charge on any atom is 0.0518 e. The molecule has 0 aliphatic heterocycles. The molecule has 1 N–H and O–H groups in total. The van der Waals surface area contributed by atoms with E-state index in [1.807, 2.05) is 0 Å². The maximum absolute atomic E-state index is 5.54. The lowest BCUT2D eigenvalue weighted by atomic mass is 10.0. The molecule has 2 unspecified atom stereocenters. The van der Waals surface area contributed by atoms with Crippen molar-refractivity contribution in [3.05, 3.63) is 0 Å². The van der Waals surface area contributed by atoms with E-state index in [1.54, 1.807) is 0 Å². The molecule has 0 saturated heterocycles. The summed E-state index contributed by atoms with van der Waals surface area (Å²) in [6, 6.07) is 0.603. The van der Waals surface area contributed by atoms with Crippen LogP contribution in [0.3, 0.4) is 0 Å². The third-order valence-corrected chi connectivity index (χ3v) is 2.59. The summed E-state index contributed by atoms with van der Waals surface area (Å²) in [5, 5.41) is 3.51. The fourth-order valence-electron chi connectivity index (χ4n) is 1.31. The fraction of sp³-hybridized carbons (Fsp3) is 1.00. The zero-order chi connectivity index (χ0) is 11.0. The van der Waals surface area contributed by atoms with Crippen LogP contribution >= 0.6 is 0 Å². The predicted molar refractivity (Wildman–Crippen MR) is 62.6 cm³/mol. The molecule has 0 aliphatic carbocycles. The van der Waals surface area contributed by atoms with E-state index in [-0.39, 0.29) is 0 Å². The fourth-order valence-corrected chi connectivity index (χ4v) is 1.31. The molecule has 2 heteroatoms. The lowest BCUT2D eigenvalue weighted by Gasteiger charge is -2.21. The van der Waals surface area contributed by atoms with E-state index >= 15 is 0 Å². The number of hydrogen-bond donors (Lipinski definition) is 1. The molecule has 0 aromatic carbocycles. The third-order valence-electron chi connectivity index (χ3n) is 2.59. The van der Waals surface area contributed by atoms with Crippen LogP contribution in [0, 0.1) is 5.92 Å². The average Bonchev–Trinajstić information content (AvgIpc) is 2.13. The van der Waals surface area contributed by atoms with Gasteiger partial charge in [0.25, 0.3) is 0 Å². The first kappa shape index (κ1) is 13.9. The van der Waals surface area contributed by atoms with E-state index in [9.17, 15) is 0 Å². The van der Waals surface area contributed by atoms with E-state index in [0.29, 0.717) is 18.1 Å². The maximum atomic E-state index is 5.54. The molecule has 0 spiro atoms. The Bertz CT molecular complexity index is 125. The van der Waals surface area contributed by atoms with Gasteiger partial charge in [-0.1, -0.05) is 13.8 Å². The molecule has 0 aromatic rings. The van der Waals surface area contributed by atoms with Gasteiger partial charge in [-0.05, 0) is 46.1 Å². The molecule has 14 heavy (non-hydrogen) atoms. The molecule has 0 aromatic heterocycles. The summed E-state index contributed by atoms with van der Waals surface area (Å²) in [6.45, 7) is 12.9. The molecule has 0 aliphatic rings. The van der Waals surface area contributed by atoms with Gasteiger partial charge in [-0.15, -0.1) is 0 Å². The minimum Gasteiger partial charge on any atom is -0.379 e. The van der Waals surface area contributed by atoms with Gasteiger partial charge in [0, 0.05) is 12.6 Å². The number of rotatable bonds is 8. The zero-order valence-corrected chi connectivity index (χ0v) is 10.5. The van der Waals surface area contributed by atoms with Crippen molar-refractivity contribution in [2.45, 2.75) is 59.6 Å². The van der Waals surface area contributed by atoms with Gasteiger partial charge in [0.1, 0.15) is 0 Å². The summed E-state index contributed by atoms with van der Waals surface area (Å²) in [5.41, 5.74) is 0. The molecule has 0 heterocycles. The second kappa shape index (κ2) is 8.25. The van der Waals surface area contributed by atoms with Crippen LogP contribution in [0.2, 0.25) is 0 Å². The summed E-state index contributed by atoms with van der Waals surface area (Å²) < 4.78 is 5.54. The van der Waals surface area contributed by atoms with E-state index in [0.717, 1.165) is 19.6 Å². The summed E-state index contributed by atoms with van der Waals surface area (Å²) in [6.07, 6.45) is 2.72. The largest absolute Gasteiger partial charge is 0.379 e. The van der Waals surface area contributed by atoms with Crippen LogP contribution in [0.25, 0.3) is 0 Å². The van der Waals surface area contributed by atoms with Crippen LogP contribution in [0.15, 0.2) is 0 Å². The molecule has 2 nitrogen and oxygen atoms in total. The minimum absolute atomic E-state index is 0.362. The molecule has 0 fully saturated rings. The highest BCUT2D eigenvalue weighted by Gasteiger charge is 2.10. The van der Waals surface area contributed by atoms with Crippen LogP contribution in [0.5, 0.6) is 0 Å². The van der Waals surface area contributed by atoms with Crippen molar-refractivity contribution in [1.29, 1.82) is 0 Å². The number of ether oxygens (including phenoxy) is 1. The topological polar surface area (TPSA) is 21.3 Å². The molecule has 86 valence electrons. The van der Waals surface area contributed by atoms with Gasteiger partial charge in [0.05, 0.1) is 6.10 Å². The van der Waals surface area contributed by atoms with Gasteiger partial charge >= 0.3 is 0 Å². The van der Waals surface area contributed by atoms with Crippen LogP contribution < -0.4 is 5.32 Å². The third kappa shape index (κ3) is 7.34. The van der Waals surface area contributed by atoms with E-state index in [4.69, 9.17) is 4.74 Å². The van der Waals surface area contributed by atoms with Crippen molar-refractivity contribution in [2.75, 3.05) is 13.2 Å². The first-order chi connectivity index (χ1) is 6.57. The van der Waals surface area contributed by atoms with Crippen LogP contribution in [-0.4, -0.2) is 25.3 Å². The molecule has 0 rings (SSSR count). The Kier molecular flexibility index (Phi) is 8.20. The molecular formula is C12H27NO. The first-order valence-electron chi connectivity index (χ1n) is 5.92. The lowest BCUT2D eigenvalue weighted by molar-refractivity contribution is 0.0669. The smallest absolute Gasteiger partial charge is 0.0518 e. The molecule has 0 radical (unpaired) electrons. The van der Waals surface area contributed by atoms with E-state index in [1.165, 1.54) is 6.42 Å². The van der Waals surface area contributed by atoms with Gasteiger partial charge in [-0.3, -0.25) is 0 Å². The van der Waals surface area contributed by atoms with Crippen molar-refractivity contribution in [3.63, 3.8) is 0 Å². The SMILES string of the molecule is CCCNC(C)C(C)CCOC(C)C. The minimum atomic E-state index is 0.362. The molecule has 0 amide bonds. The van der Waals surface area contributed by atoms with E-state index in [2.05, 4.69) is 39.9 Å². The quantitative estimate of drug-likeness (QED) is 0.652. The van der Waals surface area contributed by atoms with Gasteiger partial charge in [0.2, 0.25) is 0 Å². The van der Waals surface area contributed by atoms with Gasteiger partial charge in [0.15, 0.2) is 0 Å². The predicted octanol–water partition coefficient (Wildman–Crippen LogP) is 2.83. The highest BCUT2D eigenvalue weighted by Crippen LogP contribution is 2.08. The van der Waals surface area contributed by atoms with Crippen LogP contribution in [0.4, 0.5) is 0 Å². The standard InChI is InChI=1S/C12H27NO/c1-6-8-13-12(5)11(4)7-9-14-10(2)3/h10-13H,6-9H2,1-5H3. The Morgan fingerprint density at radius 1 is 1.14 bits per heavy atom. The second-order valence-corrected chi connectivity index (χ2v) is 4.43. The Morgan fingerprint density at radius 3 is 2.29 bits per heavy atom. The Balaban J connectivity index is 3.46. The average molecular weight is 201 g/mol. The van der Waals surface area contributed by atoms with Gasteiger partial charge in [-0.25, -0.2) is 0 Å². The van der Waals surface area contributed by atoms with Crippen molar-refractivity contribution in [1.82, 2.24) is 5.32 Å². The molecule has 2 atom stereocenters. The monoisotopic (exact) mass is 201 g/mol. The Morgan fingerprint density at radius 2 is 1.79 bits per heavy atom. The number of hydrogen-bond acceptors (Lipinski definition) is 2. The normalized spacial score (nSPS) is 15.9. The number of nitrogens with one attached hydrogen (secondary N) is 1. The first-order valence-corrected chi connectivity index (χ1v) is 5.92. The van der Waals surface area contributed by atoms with Gasteiger partial charge < -0.3 is 10.1 Å². The van der Waals surface area contributed by atoms with E-state index < -0.39 is 0 Å². The van der Waals surface area contributed by atoms with Crippen molar-refractivity contribution in [2.24, 2.45) is 5.92 Å². The zero-order valence-electron chi connectivity index (χ0n) is 10.5. The van der Waals surface area contributed by atoms with Crippen molar-refractivity contribution < 1.29 is 4.74 Å². The van der Waals surface area contributed by atoms with Crippen molar-refractivity contribution >= 4 is 0 Å². The van der Waals surface area contributed by atoms with Gasteiger partial charge in [-0.2, -0.15) is 0 Å². The highest BCUT2D eigenvalue weighted by molar-refractivity contribution is 4.67. The van der Waals surface area contributed by atoms with Crippen molar-refractivity contribution in [3.8, 4) is 0 Å². The summed E-state index contributed by atoms with van der Waals surface area (Å²) in [5.74, 6) is 0.695. The second-order valence-electron chi connectivity index (χ2n) is 4.43. The molecule has 0 bridgehead atoms. The Hall–Kier alpha value is -0.0800. The molecule has 0 saturated carbocycles. The summed E-state index contributed by atoms with van der Waals surface area (Å²) >= 11 is 0.